The number of hydrogen-bond donors (Lipinski definition) is 2. The molecule has 0 bridgehead atoms. The Labute approximate surface area is 27.9 Å². The Morgan fingerprint density at radius 1 is 1.75 bits per heavy atom. The molecule has 0 aliphatic carbocycles. The van der Waals surface area contributed by atoms with Gasteiger partial charge in [-0.25, -0.2) is 0 Å². The van der Waals surface area contributed by atoms with Crippen molar-refractivity contribution >= 4 is 8.41 Å². The molecule has 0 aromatic carbocycles. The molecule has 3 heteroatoms. The summed E-state index contributed by atoms with van der Waals surface area (Å²) in [6.45, 7) is 0. The molecule has 0 fully saturated rings. The minimum atomic E-state index is 0. The van der Waals surface area contributed by atoms with Crippen LogP contribution in [0.2, 0.25) is 0 Å². The summed E-state index contributed by atoms with van der Waals surface area (Å²) in [6.07, 6.45) is 0. The van der Waals surface area contributed by atoms with Gasteiger partial charge in [-0.15, -0.1) is 0 Å². The molecule has 0 heterocycles. The van der Waals surface area contributed by atoms with E-state index in [9.17, 15) is 0 Å². The first-order chi connectivity index (χ1) is 1.41. The molecule has 0 amide bonds. The topological polar surface area (TPSA) is 38.0 Å². The molecule has 2 nitrogen and oxygen atoms in total. The number of hydrogen-bond acceptors (Lipinski definition) is 2. The molecule has 0 spiro atoms. The zero-order chi connectivity index (χ0) is 2.71. The van der Waals surface area contributed by atoms with E-state index in [1.54, 1.807) is 7.05 Å². The molecule has 0 aliphatic rings. The molecular formula is CH6BN2. The average molecular weight is 56.9 g/mol. The molecule has 3 radical (unpaired) electrons. The van der Waals surface area contributed by atoms with Crippen LogP contribution < -0.4 is 11.3 Å². The standard InChI is InChI=1S/CH6N2.B/c1-3-2;/h3H,2H2,1H3;. The maximum absolute atomic E-state index is 4.60. The normalized spacial score (nSPS) is 4.50. The predicted octanol–water partition coefficient (Wildman–Crippen LogP) is -1.30. The first kappa shape index (κ1) is 9.01. The lowest BCUT2D eigenvalue weighted by Crippen LogP contribution is -2.13. The molecule has 23 valence electrons. The van der Waals surface area contributed by atoms with Gasteiger partial charge in [0, 0.05) is 8.41 Å². The van der Waals surface area contributed by atoms with Crippen LogP contribution >= 0.6 is 0 Å². The van der Waals surface area contributed by atoms with E-state index in [0.29, 0.717) is 0 Å². The van der Waals surface area contributed by atoms with Crippen LogP contribution in [-0.2, 0) is 0 Å². The lowest BCUT2D eigenvalue weighted by molar-refractivity contribution is 0.900. The Morgan fingerprint density at radius 3 is 1.75 bits per heavy atom. The van der Waals surface area contributed by atoms with Crippen molar-refractivity contribution in [3.63, 3.8) is 0 Å². The van der Waals surface area contributed by atoms with E-state index in [2.05, 4.69) is 11.3 Å². The van der Waals surface area contributed by atoms with E-state index < -0.39 is 0 Å². The first-order valence-electron chi connectivity index (χ1n) is 0.789. The Morgan fingerprint density at radius 2 is 1.75 bits per heavy atom. The fraction of sp³-hybridized carbons (Fsp3) is 1.00. The fourth-order valence-corrected chi connectivity index (χ4v) is 0. The zero-order valence-corrected chi connectivity index (χ0v) is 2.65. The highest BCUT2D eigenvalue weighted by Crippen LogP contribution is 0.817. The van der Waals surface area contributed by atoms with Crippen LogP contribution in [0, 0.1) is 0 Å². The van der Waals surface area contributed by atoms with Crippen molar-refractivity contribution in [2.75, 3.05) is 7.05 Å². The SMILES string of the molecule is CNN.[B]. The third kappa shape index (κ3) is 8480. The maximum atomic E-state index is 4.60. The third-order valence-corrected chi connectivity index (χ3v) is 0. The smallest absolute Gasteiger partial charge is 0 e. The molecule has 3 N–H and O–H groups in total. The van der Waals surface area contributed by atoms with Crippen LogP contribution in [0.25, 0.3) is 0 Å². The van der Waals surface area contributed by atoms with Crippen molar-refractivity contribution in [2.45, 2.75) is 0 Å². The highest BCUT2D eigenvalue weighted by atomic mass is 15.2. The van der Waals surface area contributed by atoms with Crippen molar-refractivity contribution in [3.05, 3.63) is 0 Å². The van der Waals surface area contributed by atoms with Gasteiger partial charge in [-0.2, -0.15) is 0 Å². The van der Waals surface area contributed by atoms with Crippen LogP contribution in [0.5, 0.6) is 0 Å². The number of rotatable bonds is 0. The quantitative estimate of drug-likeness (QED) is 0.206. The van der Waals surface area contributed by atoms with Crippen LogP contribution in [0.3, 0.4) is 0 Å². The van der Waals surface area contributed by atoms with Gasteiger partial charge in [0.15, 0.2) is 0 Å². The summed E-state index contributed by atoms with van der Waals surface area (Å²) < 4.78 is 0. The van der Waals surface area contributed by atoms with E-state index >= 15 is 0 Å². The Bertz CT molecular complexity index is 6.00. The Balaban J connectivity index is 0. The zero-order valence-electron chi connectivity index (χ0n) is 2.65. The summed E-state index contributed by atoms with van der Waals surface area (Å²) >= 11 is 0. The number of nitrogens with one attached hydrogen (secondary N) is 1. The highest BCUT2D eigenvalue weighted by Gasteiger charge is 1.22. The van der Waals surface area contributed by atoms with Gasteiger partial charge in [-0.3, -0.25) is 11.3 Å². The molecule has 0 saturated carbocycles. The van der Waals surface area contributed by atoms with Gasteiger partial charge >= 0.3 is 0 Å². The summed E-state index contributed by atoms with van der Waals surface area (Å²) in [4.78, 5) is 0. The first-order valence-corrected chi connectivity index (χ1v) is 0.789. The van der Waals surface area contributed by atoms with Gasteiger partial charge in [-0.1, -0.05) is 0 Å². The van der Waals surface area contributed by atoms with E-state index in [1.165, 1.54) is 0 Å². The molecule has 0 aromatic heterocycles. The van der Waals surface area contributed by atoms with Crippen molar-refractivity contribution < 1.29 is 0 Å². The van der Waals surface area contributed by atoms with E-state index in [4.69, 9.17) is 0 Å². The molecule has 0 atom stereocenters. The molecule has 0 saturated heterocycles. The van der Waals surface area contributed by atoms with Gasteiger partial charge in [0.05, 0.1) is 0 Å². The van der Waals surface area contributed by atoms with Gasteiger partial charge in [0.2, 0.25) is 0 Å². The monoisotopic (exact) mass is 57.1 g/mol. The van der Waals surface area contributed by atoms with Gasteiger partial charge in [-0.05, 0) is 7.05 Å². The molecule has 0 aliphatic heterocycles. The summed E-state index contributed by atoms with van der Waals surface area (Å²) in [5, 5.41) is 0. The molecule has 4 heavy (non-hydrogen) atoms. The van der Waals surface area contributed by atoms with Crippen molar-refractivity contribution in [3.8, 4) is 0 Å². The summed E-state index contributed by atoms with van der Waals surface area (Å²) in [7, 11) is 1.65. The van der Waals surface area contributed by atoms with Crippen molar-refractivity contribution in [2.24, 2.45) is 5.84 Å². The van der Waals surface area contributed by atoms with E-state index in [-0.39, 0.29) is 8.41 Å². The molecule has 0 rings (SSSR count). The van der Waals surface area contributed by atoms with E-state index in [0.717, 1.165) is 0 Å². The lowest BCUT2D eigenvalue weighted by atomic mass is 10.8. The van der Waals surface area contributed by atoms with Gasteiger partial charge in [0.1, 0.15) is 0 Å². The fourth-order valence-electron chi connectivity index (χ4n) is 0. The van der Waals surface area contributed by atoms with Crippen LogP contribution in [-0.4, -0.2) is 15.5 Å². The summed E-state index contributed by atoms with van der Waals surface area (Å²) in [5.41, 5.74) is 2.25. The Kier molecular flexibility index (Phi) is 27.3. The summed E-state index contributed by atoms with van der Waals surface area (Å²) in [6, 6.07) is 0. The molecule has 0 unspecified atom stereocenters. The lowest BCUT2D eigenvalue weighted by Gasteiger charge is -1.62. The average Bonchev–Trinajstić information content (AvgIpc) is 0.918. The minimum absolute atomic E-state index is 0. The molecular weight excluding hydrogens is 50.8 g/mol. The third-order valence-electron chi connectivity index (χ3n) is 0. The van der Waals surface area contributed by atoms with E-state index in [1.807, 2.05) is 0 Å². The highest BCUT2D eigenvalue weighted by molar-refractivity contribution is 5.75. The van der Waals surface area contributed by atoms with Gasteiger partial charge in [0.25, 0.3) is 0 Å². The number of nitrogens with two attached hydrogens (primary N) is 1. The van der Waals surface area contributed by atoms with Crippen molar-refractivity contribution in [1.82, 2.24) is 5.43 Å². The second-order valence-corrected chi connectivity index (χ2v) is 0.289. The minimum Gasteiger partial charge on any atom is -0.272 e. The Hall–Kier alpha value is -0.0151. The van der Waals surface area contributed by atoms with Crippen LogP contribution in [0.1, 0.15) is 0 Å². The van der Waals surface area contributed by atoms with Gasteiger partial charge < -0.3 is 0 Å². The van der Waals surface area contributed by atoms with Crippen LogP contribution in [0.4, 0.5) is 0 Å². The second kappa shape index (κ2) is 12.1. The second-order valence-electron chi connectivity index (χ2n) is 0.289. The predicted molar refractivity (Wildman–Crippen MR) is 19.0 cm³/mol. The molecule has 0 aromatic rings. The summed E-state index contributed by atoms with van der Waals surface area (Å²) in [5.74, 6) is 4.60. The number of hydrazine groups is 1. The largest absolute Gasteiger partial charge is 0.272 e. The van der Waals surface area contributed by atoms with Crippen molar-refractivity contribution in [1.29, 1.82) is 0 Å². The maximum Gasteiger partial charge on any atom is 0 e. The van der Waals surface area contributed by atoms with Crippen LogP contribution in [0.15, 0.2) is 0 Å².